The van der Waals surface area contributed by atoms with Gasteiger partial charge in [-0.2, -0.15) is 21.6 Å². The van der Waals surface area contributed by atoms with Gasteiger partial charge in [0.15, 0.2) is 6.29 Å². The van der Waals surface area contributed by atoms with Crippen molar-refractivity contribution in [2.75, 3.05) is 26.2 Å². The number of hydrogen-bond acceptors (Lipinski definition) is 11. The van der Waals surface area contributed by atoms with Gasteiger partial charge in [0.05, 0.1) is 0 Å². The zero-order valence-electron chi connectivity index (χ0n) is 30.3. The van der Waals surface area contributed by atoms with E-state index in [4.69, 9.17) is 19.5 Å². The van der Waals surface area contributed by atoms with E-state index in [0.717, 1.165) is 29.9 Å². The zero-order chi connectivity index (χ0) is 40.2. The Labute approximate surface area is 307 Å². The highest BCUT2D eigenvalue weighted by molar-refractivity contribution is 7.87. The lowest BCUT2D eigenvalue weighted by Gasteiger charge is -2.29. The van der Waals surface area contributed by atoms with Crippen LogP contribution in [-0.2, 0) is 23.8 Å². The van der Waals surface area contributed by atoms with Crippen LogP contribution in [0.15, 0.2) is 66.4 Å². The summed E-state index contributed by atoms with van der Waals surface area (Å²) in [6.07, 6.45) is 4.23. The molecule has 0 aliphatic carbocycles. The number of carbonyl (C=O) groups excluding carboxylic acids is 4. The third-order valence-corrected chi connectivity index (χ3v) is 8.02. The van der Waals surface area contributed by atoms with Gasteiger partial charge in [0, 0.05) is 43.7 Å². The number of amides is 2. The average molecular weight is 769 g/mol. The Morgan fingerprint density at radius 3 is 1.62 bits per heavy atom. The lowest BCUT2D eigenvalue weighted by Crippen LogP contribution is -2.39. The number of hydrogen-bond donors (Lipinski definition) is 2. The van der Waals surface area contributed by atoms with Gasteiger partial charge in [0.2, 0.25) is 0 Å². The van der Waals surface area contributed by atoms with Gasteiger partial charge >= 0.3 is 34.9 Å². The van der Waals surface area contributed by atoms with Crippen molar-refractivity contribution in [2.45, 2.75) is 71.1 Å². The molecule has 0 spiro atoms. The molecule has 0 atom stereocenters. The van der Waals surface area contributed by atoms with Crippen molar-refractivity contribution in [3.63, 3.8) is 0 Å². The van der Waals surface area contributed by atoms with Crippen LogP contribution in [0.1, 0.15) is 80.7 Å². The molecule has 53 heavy (non-hydrogen) atoms. The summed E-state index contributed by atoms with van der Waals surface area (Å²) in [6, 6.07) is 13.8. The van der Waals surface area contributed by atoms with Crippen LogP contribution in [0, 0.1) is 0 Å². The highest BCUT2D eigenvalue weighted by atomic mass is 32.2. The summed E-state index contributed by atoms with van der Waals surface area (Å²) in [5.41, 5.74) is -3.35. The molecule has 2 heterocycles. The second-order valence-corrected chi connectivity index (χ2v) is 15.1. The summed E-state index contributed by atoms with van der Waals surface area (Å²) in [7, 11) is -7.24. The van der Waals surface area contributed by atoms with Crippen LogP contribution in [0.25, 0.3) is 5.57 Å². The number of aldehydes is 2. The van der Waals surface area contributed by atoms with Gasteiger partial charge in [0.25, 0.3) is 0 Å². The highest BCUT2D eigenvalue weighted by Crippen LogP contribution is 2.29. The first kappa shape index (κ1) is 44.5. The van der Waals surface area contributed by atoms with Crippen molar-refractivity contribution in [1.82, 2.24) is 9.80 Å². The van der Waals surface area contributed by atoms with E-state index in [0.29, 0.717) is 30.5 Å². The van der Waals surface area contributed by atoms with Gasteiger partial charge in [-0.05, 0) is 70.6 Å². The summed E-state index contributed by atoms with van der Waals surface area (Å²) >= 11 is 0. The lowest BCUT2D eigenvalue weighted by atomic mass is 9.77. The molecule has 0 aromatic heterocycles. The second kappa shape index (κ2) is 18.9. The topological polar surface area (TPSA) is 177 Å². The van der Waals surface area contributed by atoms with Gasteiger partial charge in [0.1, 0.15) is 23.2 Å². The summed E-state index contributed by atoms with van der Waals surface area (Å²) in [6.45, 7) is 11.6. The molecule has 4 rings (SSSR count). The largest absolute Gasteiger partial charge is 0.534 e. The van der Waals surface area contributed by atoms with Crippen molar-refractivity contribution in [3.05, 3.63) is 83.1 Å². The van der Waals surface area contributed by atoms with Crippen molar-refractivity contribution < 1.29 is 64.5 Å². The maximum atomic E-state index is 12.2. The smallest absolute Gasteiger partial charge is 0.444 e. The molecule has 2 aliphatic rings. The van der Waals surface area contributed by atoms with Crippen molar-refractivity contribution in [1.29, 1.82) is 0 Å². The number of nitrogens with zero attached hydrogens (tertiary/aromatic N) is 2. The van der Waals surface area contributed by atoms with E-state index in [-0.39, 0.29) is 36.8 Å². The van der Waals surface area contributed by atoms with E-state index >= 15 is 0 Å². The lowest BCUT2D eigenvalue weighted by molar-refractivity contribution is -0.0525. The fraction of sp³-hybridized carbons (Fsp3) is 0.429. The van der Waals surface area contributed by atoms with Gasteiger partial charge in [-0.25, -0.2) is 9.59 Å². The van der Waals surface area contributed by atoms with Crippen LogP contribution >= 0.6 is 0 Å². The maximum absolute atomic E-state index is 12.2. The Hall–Kier alpha value is -4.68. The highest BCUT2D eigenvalue weighted by Gasteiger charge is 2.49. The number of ether oxygens (including phenoxy) is 2. The minimum atomic E-state index is -5.67. The van der Waals surface area contributed by atoms with Crippen LogP contribution < -0.4 is 5.46 Å². The van der Waals surface area contributed by atoms with Gasteiger partial charge in [-0.15, -0.1) is 0 Å². The predicted molar refractivity (Wildman–Crippen MR) is 190 cm³/mol. The molecule has 290 valence electrons. The summed E-state index contributed by atoms with van der Waals surface area (Å²) in [4.78, 5) is 48.0. The fourth-order valence-electron chi connectivity index (χ4n) is 4.56. The number of benzene rings is 2. The molecular weight excluding hydrogens is 724 g/mol. The van der Waals surface area contributed by atoms with Gasteiger partial charge in [-0.1, -0.05) is 54.6 Å². The Morgan fingerprint density at radius 2 is 1.23 bits per heavy atom. The summed E-state index contributed by atoms with van der Waals surface area (Å²) < 4.78 is 72.6. The van der Waals surface area contributed by atoms with Crippen LogP contribution in [-0.4, -0.2) is 103 Å². The molecule has 0 saturated heterocycles. The zero-order valence-corrected chi connectivity index (χ0v) is 31.1. The third-order valence-electron chi connectivity index (χ3n) is 7.02. The number of alkyl halides is 3. The molecule has 0 unspecified atom stereocenters. The molecule has 2 aromatic carbocycles. The molecule has 2 aliphatic heterocycles. The monoisotopic (exact) mass is 768 g/mol. The molecule has 2 amide bonds. The van der Waals surface area contributed by atoms with Gasteiger partial charge in [-0.3, -0.25) is 9.59 Å². The quantitative estimate of drug-likeness (QED) is 0.174. The standard InChI is InChI=1S/C17H21NO3.C11H16F3NO5S.C7H7BO3/c1-17(2,3)21-16(20)18-10-8-13(9-11-18)15-7-5-4-6-14(15)12-19;1-10(2,3)19-9(16)15-6-4-8(5-7-15)20-21(17,18)11(12,13)14;9-5-6-3-1-2-4-7(6)8(10)11/h4-8,12H,9-11H2,1-3H3;4H,5-7H2,1-3H3;1-5,10-11H. The molecule has 2 N–H and O–H groups in total. The number of carbonyl (C=O) groups is 4. The van der Waals surface area contributed by atoms with Crippen LogP contribution in [0.3, 0.4) is 0 Å². The normalized spacial score (nSPS) is 14.8. The SMILES string of the molecule is CC(C)(C)OC(=O)N1CC=C(OS(=O)(=O)C(F)(F)F)CC1.CC(C)(C)OC(=O)N1CC=C(c2ccccc2C=O)CC1.O=Cc1ccccc1B(O)O. The molecular formula is C35H44BF3N2O11S. The summed E-state index contributed by atoms with van der Waals surface area (Å²) in [5.74, 6) is -0.341. The van der Waals surface area contributed by atoms with Crippen LogP contribution in [0.5, 0.6) is 0 Å². The Balaban J connectivity index is 0.000000289. The van der Waals surface area contributed by atoms with Crippen molar-refractivity contribution >= 4 is 53.0 Å². The molecule has 0 saturated carbocycles. The molecule has 13 nitrogen and oxygen atoms in total. The van der Waals surface area contributed by atoms with E-state index in [1.807, 2.05) is 51.1 Å². The molecule has 2 aromatic rings. The molecule has 0 fully saturated rings. The Kier molecular flexibility index (Phi) is 15.9. The average Bonchev–Trinajstić information content (AvgIpc) is 3.07. The third kappa shape index (κ3) is 14.7. The minimum Gasteiger partial charge on any atom is -0.444 e. The van der Waals surface area contributed by atoms with E-state index < -0.39 is 40.0 Å². The molecule has 0 bridgehead atoms. The van der Waals surface area contributed by atoms with E-state index in [9.17, 15) is 40.8 Å². The van der Waals surface area contributed by atoms with Gasteiger partial charge < -0.3 is 33.5 Å². The Bertz CT molecular complexity index is 1770. The molecule has 0 radical (unpaired) electrons. The Morgan fingerprint density at radius 1 is 0.755 bits per heavy atom. The predicted octanol–water partition coefficient (Wildman–Crippen LogP) is 5.08. The van der Waals surface area contributed by atoms with Crippen LogP contribution in [0.4, 0.5) is 22.8 Å². The first-order chi connectivity index (χ1) is 24.5. The molecule has 18 heteroatoms. The summed E-state index contributed by atoms with van der Waals surface area (Å²) in [5, 5.41) is 17.5. The number of halogens is 3. The maximum Gasteiger partial charge on any atom is 0.534 e. The van der Waals surface area contributed by atoms with Crippen LogP contribution in [0.2, 0.25) is 0 Å². The second-order valence-electron chi connectivity index (χ2n) is 13.6. The van der Waals surface area contributed by atoms with E-state index in [2.05, 4.69) is 4.18 Å². The first-order valence-electron chi connectivity index (χ1n) is 16.3. The van der Waals surface area contributed by atoms with E-state index in [1.165, 1.54) is 17.0 Å². The van der Waals surface area contributed by atoms with Crippen molar-refractivity contribution in [2.24, 2.45) is 0 Å². The fourth-order valence-corrected chi connectivity index (χ4v) is 5.09. The van der Waals surface area contributed by atoms with E-state index in [1.54, 1.807) is 37.8 Å². The first-order valence-corrected chi connectivity index (χ1v) is 17.7. The number of rotatable bonds is 6. The van der Waals surface area contributed by atoms with Crippen molar-refractivity contribution in [3.8, 4) is 0 Å². The minimum absolute atomic E-state index is 0.00806.